The normalized spacial score (nSPS) is 19.9. The van der Waals surface area contributed by atoms with Crippen LogP contribution >= 0.6 is 11.6 Å². The number of amides is 2. The molecule has 43 heavy (non-hydrogen) atoms. The van der Waals surface area contributed by atoms with Crippen LogP contribution in [0.4, 0.5) is 5.69 Å². The first-order valence-electron chi connectivity index (χ1n) is 15.3. The van der Waals surface area contributed by atoms with E-state index in [2.05, 4.69) is 56.8 Å². The van der Waals surface area contributed by atoms with E-state index in [9.17, 15) is 9.59 Å². The van der Waals surface area contributed by atoms with E-state index in [0.29, 0.717) is 37.5 Å². The van der Waals surface area contributed by atoms with Crippen molar-refractivity contribution in [2.75, 3.05) is 57.4 Å². The zero-order valence-electron chi connectivity index (χ0n) is 24.5. The lowest BCUT2D eigenvalue weighted by molar-refractivity contribution is -0.137. The summed E-state index contributed by atoms with van der Waals surface area (Å²) in [7, 11) is 0. The zero-order chi connectivity index (χ0) is 29.6. The van der Waals surface area contributed by atoms with Gasteiger partial charge < -0.3 is 25.2 Å². The summed E-state index contributed by atoms with van der Waals surface area (Å²) in [4.78, 5) is 34.2. The van der Waals surface area contributed by atoms with Gasteiger partial charge in [0.15, 0.2) is 0 Å². The quantitative estimate of drug-likeness (QED) is 0.413. The smallest absolute Gasteiger partial charge is 0.245 e. The maximum atomic E-state index is 14.0. The van der Waals surface area contributed by atoms with E-state index >= 15 is 0 Å². The van der Waals surface area contributed by atoms with Crippen molar-refractivity contribution in [1.29, 1.82) is 0 Å². The standard InChI is InChI=1S/C34H40ClN5O3/c35-29-11-9-25(10-12-29)21-31(37-33(41)30-22-26-5-1-2-6-27(26)23-36-30)34(42)40-15-13-39(14-16-40)32-8-4-3-7-28(32)24-38-17-19-43-20-18-38/h1-12,30-31,36H,13-24H2,(H,37,41)/t30-,31-/m1/s1. The summed E-state index contributed by atoms with van der Waals surface area (Å²) in [5.74, 6) is -0.182. The second-order valence-corrected chi connectivity index (χ2v) is 12.1. The van der Waals surface area contributed by atoms with Crippen LogP contribution in [0, 0.1) is 0 Å². The van der Waals surface area contributed by atoms with Gasteiger partial charge in [-0.1, -0.05) is 66.2 Å². The molecule has 2 saturated heterocycles. The van der Waals surface area contributed by atoms with Crippen LogP contribution in [-0.2, 0) is 40.3 Å². The van der Waals surface area contributed by atoms with Gasteiger partial charge in [0.05, 0.1) is 19.3 Å². The van der Waals surface area contributed by atoms with Crippen LogP contribution in [0.15, 0.2) is 72.8 Å². The molecule has 2 N–H and O–H groups in total. The fourth-order valence-electron chi connectivity index (χ4n) is 6.31. The van der Waals surface area contributed by atoms with Crippen LogP contribution in [0.1, 0.15) is 22.3 Å². The van der Waals surface area contributed by atoms with Gasteiger partial charge in [-0.25, -0.2) is 0 Å². The largest absolute Gasteiger partial charge is 0.379 e. The van der Waals surface area contributed by atoms with E-state index < -0.39 is 6.04 Å². The number of nitrogens with zero attached hydrogens (tertiary/aromatic N) is 3. The monoisotopic (exact) mass is 601 g/mol. The first kappa shape index (κ1) is 29.6. The molecule has 0 spiro atoms. The second-order valence-electron chi connectivity index (χ2n) is 11.6. The lowest BCUT2D eigenvalue weighted by Gasteiger charge is -2.39. The van der Waals surface area contributed by atoms with Crippen molar-refractivity contribution >= 4 is 29.1 Å². The average molecular weight is 602 g/mol. The van der Waals surface area contributed by atoms with Crippen molar-refractivity contribution < 1.29 is 14.3 Å². The third-order valence-corrected chi connectivity index (χ3v) is 9.04. The van der Waals surface area contributed by atoms with Gasteiger partial charge in [0.1, 0.15) is 6.04 Å². The van der Waals surface area contributed by atoms with Crippen LogP contribution in [0.25, 0.3) is 0 Å². The number of carbonyl (C=O) groups excluding carboxylic acids is 2. The summed E-state index contributed by atoms with van der Waals surface area (Å²) < 4.78 is 5.53. The fourth-order valence-corrected chi connectivity index (χ4v) is 6.44. The molecular formula is C34H40ClN5O3. The topological polar surface area (TPSA) is 77.2 Å². The van der Waals surface area contributed by atoms with E-state index in [1.807, 2.05) is 41.3 Å². The number of para-hydroxylation sites is 1. The third kappa shape index (κ3) is 7.39. The molecule has 9 heteroatoms. The van der Waals surface area contributed by atoms with Crippen LogP contribution in [0.3, 0.4) is 0 Å². The van der Waals surface area contributed by atoms with Crippen molar-refractivity contribution in [2.24, 2.45) is 0 Å². The Balaban J connectivity index is 1.12. The number of ether oxygens (including phenoxy) is 1. The Kier molecular flexibility index (Phi) is 9.58. The van der Waals surface area contributed by atoms with Gasteiger partial charge in [-0.2, -0.15) is 0 Å². The molecule has 2 atom stereocenters. The van der Waals surface area contributed by atoms with Gasteiger partial charge in [0.25, 0.3) is 0 Å². The molecule has 3 aromatic rings. The highest BCUT2D eigenvalue weighted by Crippen LogP contribution is 2.24. The molecule has 0 aromatic heterocycles. The summed E-state index contributed by atoms with van der Waals surface area (Å²) in [5.41, 5.74) is 5.88. The maximum Gasteiger partial charge on any atom is 0.245 e. The number of nitrogens with one attached hydrogen (secondary N) is 2. The maximum absolute atomic E-state index is 14.0. The number of benzene rings is 3. The lowest BCUT2D eigenvalue weighted by Crippen LogP contribution is -2.58. The summed E-state index contributed by atoms with van der Waals surface area (Å²) >= 11 is 6.12. The predicted molar refractivity (Wildman–Crippen MR) is 169 cm³/mol. The van der Waals surface area contributed by atoms with Crippen molar-refractivity contribution in [3.05, 3.63) is 100 Å². The van der Waals surface area contributed by atoms with E-state index in [4.69, 9.17) is 16.3 Å². The van der Waals surface area contributed by atoms with Gasteiger partial charge in [0, 0.05) is 69.5 Å². The highest BCUT2D eigenvalue weighted by Gasteiger charge is 2.32. The summed E-state index contributed by atoms with van der Waals surface area (Å²) in [6.45, 7) is 7.68. The molecule has 2 amide bonds. The minimum Gasteiger partial charge on any atom is -0.379 e. The Labute approximate surface area is 258 Å². The number of hydrogen-bond donors (Lipinski definition) is 2. The molecule has 0 unspecified atom stereocenters. The summed E-state index contributed by atoms with van der Waals surface area (Å²) in [5, 5.41) is 7.12. The fraction of sp³-hybridized carbons (Fsp3) is 0.412. The molecular weight excluding hydrogens is 562 g/mol. The molecule has 3 heterocycles. The molecule has 226 valence electrons. The highest BCUT2D eigenvalue weighted by molar-refractivity contribution is 6.30. The van der Waals surface area contributed by atoms with Crippen LogP contribution in [-0.4, -0.2) is 86.2 Å². The number of halogens is 1. The molecule has 3 aromatic carbocycles. The SMILES string of the molecule is O=C(N[C@H](Cc1ccc(Cl)cc1)C(=O)N1CCN(c2ccccc2CN2CCOCC2)CC1)[C@H]1Cc2ccccc2CN1. The number of carbonyl (C=O) groups is 2. The van der Waals surface area contributed by atoms with E-state index in [-0.39, 0.29) is 17.9 Å². The van der Waals surface area contributed by atoms with Gasteiger partial charge in [-0.05, 0) is 46.9 Å². The van der Waals surface area contributed by atoms with Crippen molar-refractivity contribution in [2.45, 2.75) is 38.0 Å². The molecule has 0 bridgehead atoms. The predicted octanol–water partition coefficient (Wildman–Crippen LogP) is 3.26. The summed E-state index contributed by atoms with van der Waals surface area (Å²) in [6, 6.07) is 23.2. The highest BCUT2D eigenvalue weighted by atomic mass is 35.5. The number of piperazine rings is 1. The minimum absolute atomic E-state index is 0.0410. The van der Waals surface area contributed by atoms with Crippen molar-refractivity contribution in [3.63, 3.8) is 0 Å². The van der Waals surface area contributed by atoms with Gasteiger partial charge in [0.2, 0.25) is 11.8 Å². The Hall–Kier alpha value is -3.43. The Morgan fingerprint density at radius 1 is 0.884 bits per heavy atom. The van der Waals surface area contributed by atoms with Gasteiger partial charge in [-0.3, -0.25) is 14.5 Å². The van der Waals surface area contributed by atoms with E-state index in [1.165, 1.54) is 22.4 Å². The molecule has 3 aliphatic rings. The third-order valence-electron chi connectivity index (χ3n) is 8.79. The van der Waals surface area contributed by atoms with Crippen molar-refractivity contribution in [1.82, 2.24) is 20.4 Å². The van der Waals surface area contributed by atoms with Crippen LogP contribution in [0.2, 0.25) is 5.02 Å². The second kappa shape index (κ2) is 13.9. The number of rotatable bonds is 8. The summed E-state index contributed by atoms with van der Waals surface area (Å²) in [6.07, 6.45) is 1.01. The number of anilines is 1. The first-order chi connectivity index (χ1) is 21.0. The molecule has 0 radical (unpaired) electrons. The van der Waals surface area contributed by atoms with Gasteiger partial charge >= 0.3 is 0 Å². The Bertz CT molecular complexity index is 1400. The number of fused-ring (bicyclic) bond motifs is 1. The van der Waals surface area contributed by atoms with Crippen LogP contribution < -0.4 is 15.5 Å². The van der Waals surface area contributed by atoms with E-state index in [0.717, 1.165) is 51.5 Å². The van der Waals surface area contributed by atoms with Crippen LogP contribution in [0.5, 0.6) is 0 Å². The lowest BCUT2D eigenvalue weighted by atomic mass is 9.95. The molecule has 3 aliphatic heterocycles. The first-order valence-corrected chi connectivity index (χ1v) is 15.7. The minimum atomic E-state index is -0.659. The van der Waals surface area contributed by atoms with E-state index in [1.54, 1.807) is 0 Å². The van der Waals surface area contributed by atoms with Gasteiger partial charge in [-0.15, -0.1) is 0 Å². The molecule has 2 fully saturated rings. The Morgan fingerprint density at radius 2 is 1.58 bits per heavy atom. The number of hydrogen-bond acceptors (Lipinski definition) is 6. The average Bonchev–Trinajstić information content (AvgIpc) is 3.05. The number of morpholine rings is 1. The Morgan fingerprint density at radius 3 is 2.35 bits per heavy atom. The molecule has 0 saturated carbocycles. The molecule has 8 nitrogen and oxygen atoms in total. The molecule has 0 aliphatic carbocycles. The zero-order valence-corrected chi connectivity index (χ0v) is 25.3. The van der Waals surface area contributed by atoms with Crippen molar-refractivity contribution in [3.8, 4) is 0 Å². The molecule has 6 rings (SSSR count).